The Bertz CT molecular complexity index is 667. The molecule has 0 unspecified atom stereocenters. The Balaban J connectivity index is 1.82. The molecule has 4 heteroatoms. The van der Waals surface area contributed by atoms with Gasteiger partial charge in [0.15, 0.2) is 6.29 Å². The van der Waals surface area contributed by atoms with Gasteiger partial charge < -0.3 is 4.90 Å². The fourth-order valence-electron chi connectivity index (χ4n) is 2.43. The van der Waals surface area contributed by atoms with E-state index in [1.165, 1.54) is 9.13 Å². The molecule has 120 valence electrons. The number of rotatable bonds is 7. The zero-order valence-electron chi connectivity index (χ0n) is 13.2. The van der Waals surface area contributed by atoms with E-state index in [1.54, 1.807) is 36.2 Å². The fraction of sp³-hybridized carbons (Fsp3) is 0.263. The van der Waals surface area contributed by atoms with Crippen molar-refractivity contribution in [2.75, 3.05) is 13.6 Å². The predicted octanol–water partition coefficient (Wildman–Crippen LogP) is 4.20. The molecule has 2 aromatic rings. The second-order valence-electron chi connectivity index (χ2n) is 5.52. The average molecular weight is 421 g/mol. The molecule has 0 aliphatic carbocycles. The number of amides is 1. The lowest BCUT2D eigenvalue weighted by Gasteiger charge is -2.18. The third-order valence-electron chi connectivity index (χ3n) is 3.79. The van der Waals surface area contributed by atoms with Crippen molar-refractivity contribution in [3.8, 4) is 0 Å². The summed E-state index contributed by atoms with van der Waals surface area (Å²) in [5, 5.41) is 0. The first-order valence-electron chi connectivity index (χ1n) is 7.66. The van der Waals surface area contributed by atoms with E-state index in [9.17, 15) is 9.59 Å². The van der Waals surface area contributed by atoms with Crippen LogP contribution in [0.3, 0.4) is 0 Å². The van der Waals surface area contributed by atoms with E-state index >= 15 is 0 Å². The standard InChI is InChI=1S/C19H20INO2/c1-21(19(23)18-8-3-2-7-16(18)14-22)13-5-4-6-15-9-11-17(20)12-10-15/h2-3,7-12,14H,4-6,13H2,1H3. The molecule has 0 bridgehead atoms. The number of unbranched alkanes of at least 4 members (excludes halogenated alkanes) is 1. The Morgan fingerprint density at radius 2 is 1.78 bits per heavy atom. The van der Waals surface area contributed by atoms with Gasteiger partial charge >= 0.3 is 0 Å². The van der Waals surface area contributed by atoms with E-state index in [4.69, 9.17) is 0 Å². The molecule has 0 atom stereocenters. The number of hydrogen-bond acceptors (Lipinski definition) is 2. The smallest absolute Gasteiger partial charge is 0.254 e. The van der Waals surface area contributed by atoms with Crippen LogP contribution in [0.25, 0.3) is 0 Å². The maximum absolute atomic E-state index is 12.4. The monoisotopic (exact) mass is 421 g/mol. The lowest BCUT2D eigenvalue weighted by atomic mass is 10.1. The minimum atomic E-state index is -0.0954. The Morgan fingerprint density at radius 3 is 2.48 bits per heavy atom. The molecule has 0 aliphatic heterocycles. The highest BCUT2D eigenvalue weighted by Gasteiger charge is 2.14. The lowest BCUT2D eigenvalue weighted by molar-refractivity contribution is 0.0789. The average Bonchev–Trinajstić information content (AvgIpc) is 2.59. The predicted molar refractivity (Wildman–Crippen MR) is 101 cm³/mol. The van der Waals surface area contributed by atoms with Gasteiger partial charge in [-0.3, -0.25) is 9.59 Å². The zero-order valence-corrected chi connectivity index (χ0v) is 15.3. The third-order valence-corrected chi connectivity index (χ3v) is 4.51. The topological polar surface area (TPSA) is 37.4 Å². The van der Waals surface area contributed by atoms with Crippen LogP contribution >= 0.6 is 22.6 Å². The van der Waals surface area contributed by atoms with Crippen molar-refractivity contribution in [1.82, 2.24) is 4.90 Å². The summed E-state index contributed by atoms with van der Waals surface area (Å²) in [6.07, 6.45) is 3.73. The maximum Gasteiger partial charge on any atom is 0.254 e. The van der Waals surface area contributed by atoms with E-state index in [0.29, 0.717) is 17.7 Å². The van der Waals surface area contributed by atoms with E-state index in [2.05, 4.69) is 46.9 Å². The van der Waals surface area contributed by atoms with Crippen molar-refractivity contribution in [2.24, 2.45) is 0 Å². The third kappa shape index (κ3) is 5.16. The number of benzene rings is 2. The van der Waals surface area contributed by atoms with Crippen molar-refractivity contribution in [3.05, 3.63) is 68.8 Å². The molecule has 0 spiro atoms. The summed E-state index contributed by atoms with van der Waals surface area (Å²) in [5.41, 5.74) is 2.25. The summed E-state index contributed by atoms with van der Waals surface area (Å²) in [6.45, 7) is 0.691. The number of carbonyl (C=O) groups is 2. The van der Waals surface area contributed by atoms with Crippen LogP contribution in [-0.2, 0) is 6.42 Å². The molecule has 23 heavy (non-hydrogen) atoms. The van der Waals surface area contributed by atoms with Crippen LogP contribution in [0, 0.1) is 3.57 Å². The second-order valence-corrected chi connectivity index (χ2v) is 6.76. The van der Waals surface area contributed by atoms with Gasteiger partial charge in [0.25, 0.3) is 5.91 Å². The van der Waals surface area contributed by atoms with Crippen LogP contribution in [0.15, 0.2) is 48.5 Å². The summed E-state index contributed by atoms with van der Waals surface area (Å²) in [6, 6.07) is 15.4. The number of aryl methyl sites for hydroxylation is 1. The Labute approximate surface area is 150 Å². The zero-order chi connectivity index (χ0) is 16.7. The molecule has 0 fully saturated rings. The number of carbonyl (C=O) groups excluding carboxylic acids is 2. The van der Waals surface area contributed by atoms with Crippen LogP contribution in [0.5, 0.6) is 0 Å². The fourth-order valence-corrected chi connectivity index (χ4v) is 2.79. The molecule has 0 aromatic heterocycles. The Morgan fingerprint density at radius 1 is 1.09 bits per heavy atom. The molecule has 3 nitrogen and oxygen atoms in total. The highest BCUT2D eigenvalue weighted by atomic mass is 127. The van der Waals surface area contributed by atoms with Crippen molar-refractivity contribution < 1.29 is 9.59 Å². The second kappa shape index (κ2) is 8.82. The SMILES string of the molecule is CN(CCCCc1ccc(I)cc1)C(=O)c1ccccc1C=O. The van der Waals surface area contributed by atoms with Gasteiger partial charge in [-0.1, -0.05) is 30.3 Å². The molecular formula is C19H20INO2. The maximum atomic E-state index is 12.4. The van der Waals surface area contributed by atoms with Crippen molar-refractivity contribution >= 4 is 34.8 Å². The summed E-state index contributed by atoms with van der Waals surface area (Å²) < 4.78 is 1.24. The van der Waals surface area contributed by atoms with E-state index in [1.807, 2.05) is 0 Å². The quantitative estimate of drug-likeness (QED) is 0.382. The van der Waals surface area contributed by atoms with E-state index in [0.717, 1.165) is 25.5 Å². The minimum absolute atomic E-state index is 0.0954. The lowest BCUT2D eigenvalue weighted by Crippen LogP contribution is -2.28. The van der Waals surface area contributed by atoms with Gasteiger partial charge in [-0.2, -0.15) is 0 Å². The molecule has 0 saturated heterocycles. The first-order valence-corrected chi connectivity index (χ1v) is 8.74. The number of hydrogen-bond donors (Lipinski definition) is 0. The van der Waals surface area contributed by atoms with Crippen LogP contribution in [0.1, 0.15) is 39.1 Å². The first-order chi connectivity index (χ1) is 11.1. The molecule has 0 aliphatic rings. The van der Waals surface area contributed by atoms with Gasteiger partial charge in [-0.25, -0.2) is 0 Å². The van der Waals surface area contributed by atoms with Crippen molar-refractivity contribution in [3.63, 3.8) is 0 Å². The van der Waals surface area contributed by atoms with Gasteiger partial charge in [-0.15, -0.1) is 0 Å². The molecule has 0 saturated carbocycles. The molecule has 1 amide bonds. The van der Waals surface area contributed by atoms with Crippen LogP contribution in [-0.4, -0.2) is 30.7 Å². The number of halogens is 1. The normalized spacial score (nSPS) is 10.3. The Kier molecular flexibility index (Phi) is 6.77. The van der Waals surface area contributed by atoms with Gasteiger partial charge in [0.1, 0.15) is 0 Å². The summed E-state index contributed by atoms with van der Waals surface area (Å²) >= 11 is 2.30. The minimum Gasteiger partial charge on any atom is -0.342 e. The number of nitrogens with zero attached hydrogens (tertiary/aromatic N) is 1. The first kappa shape index (κ1) is 17.7. The van der Waals surface area contributed by atoms with Crippen molar-refractivity contribution in [2.45, 2.75) is 19.3 Å². The van der Waals surface area contributed by atoms with Gasteiger partial charge in [0, 0.05) is 22.7 Å². The van der Waals surface area contributed by atoms with E-state index in [-0.39, 0.29) is 5.91 Å². The van der Waals surface area contributed by atoms with Gasteiger partial charge in [0.05, 0.1) is 5.56 Å². The largest absolute Gasteiger partial charge is 0.342 e. The molecule has 0 radical (unpaired) electrons. The van der Waals surface area contributed by atoms with Crippen LogP contribution < -0.4 is 0 Å². The van der Waals surface area contributed by atoms with Gasteiger partial charge in [-0.05, 0) is 65.6 Å². The highest BCUT2D eigenvalue weighted by molar-refractivity contribution is 14.1. The van der Waals surface area contributed by atoms with Crippen molar-refractivity contribution in [1.29, 1.82) is 0 Å². The molecule has 0 heterocycles. The molecule has 2 rings (SSSR count). The molecule has 0 N–H and O–H groups in total. The Hall–Kier alpha value is -1.69. The highest BCUT2D eigenvalue weighted by Crippen LogP contribution is 2.12. The summed E-state index contributed by atoms with van der Waals surface area (Å²) in [7, 11) is 1.79. The van der Waals surface area contributed by atoms with Crippen LogP contribution in [0.4, 0.5) is 0 Å². The summed E-state index contributed by atoms with van der Waals surface area (Å²) in [4.78, 5) is 25.1. The molecular weight excluding hydrogens is 401 g/mol. The van der Waals surface area contributed by atoms with Gasteiger partial charge in [0.2, 0.25) is 0 Å². The molecule has 2 aromatic carbocycles. The van der Waals surface area contributed by atoms with Crippen LogP contribution in [0.2, 0.25) is 0 Å². The summed E-state index contributed by atoms with van der Waals surface area (Å²) in [5.74, 6) is -0.0954. The number of aldehydes is 1. The van der Waals surface area contributed by atoms with E-state index < -0.39 is 0 Å².